The Morgan fingerprint density at radius 2 is 2.04 bits per heavy atom. The largest absolute Gasteiger partial charge is 0.490 e. The van der Waals surface area contributed by atoms with E-state index in [1.54, 1.807) is 11.1 Å². The van der Waals surface area contributed by atoms with E-state index in [1.165, 1.54) is 24.5 Å². The molecule has 0 radical (unpaired) electrons. The third-order valence-corrected chi connectivity index (χ3v) is 9.33. The van der Waals surface area contributed by atoms with Crippen LogP contribution in [0.2, 0.25) is 0 Å². The van der Waals surface area contributed by atoms with E-state index in [-0.39, 0.29) is 36.5 Å². The Bertz CT molecular complexity index is 2010. The van der Waals surface area contributed by atoms with Crippen LogP contribution in [-0.4, -0.2) is 62.5 Å². The van der Waals surface area contributed by atoms with E-state index in [4.69, 9.17) is 19.6 Å². The Labute approximate surface area is 266 Å². The van der Waals surface area contributed by atoms with Crippen LogP contribution in [0.4, 0.5) is 8.78 Å². The van der Waals surface area contributed by atoms with Crippen LogP contribution in [0.1, 0.15) is 36.1 Å². The number of pyridine rings is 2. The van der Waals surface area contributed by atoms with E-state index in [9.17, 15) is 14.3 Å². The molecule has 1 aromatic carbocycles. The summed E-state index contributed by atoms with van der Waals surface area (Å²) in [6.07, 6.45) is 2.11. The first-order chi connectivity index (χ1) is 22.3. The lowest BCUT2D eigenvalue weighted by molar-refractivity contribution is -0.129. The Morgan fingerprint density at radius 3 is 2.85 bits per heavy atom. The van der Waals surface area contributed by atoms with Gasteiger partial charge in [0.25, 0.3) is 0 Å². The lowest BCUT2D eigenvalue weighted by Gasteiger charge is -2.33. The number of nitrogens with one attached hydrogen (secondary N) is 1. The van der Waals surface area contributed by atoms with Gasteiger partial charge in [-0.2, -0.15) is 5.10 Å². The number of carbonyl (C=O) groups excluding carboxylic acids is 1. The maximum absolute atomic E-state index is 16.0. The third-order valence-electron chi connectivity index (χ3n) is 8.40. The topological polar surface area (TPSA) is 115 Å². The van der Waals surface area contributed by atoms with Gasteiger partial charge in [0.2, 0.25) is 5.91 Å². The number of methoxy groups -OCH3 is 1. The molecule has 46 heavy (non-hydrogen) atoms. The van der Waals surface area contributed by atoms with Crippen LogP contribution in [0.25, 0.3) is 43.9 Å². The zero-order valence-electron chi connectivity index (χ0n) is 25.1. The number of aliphatic hydroxyl groups is 1. The summed E-state index contributed by atoms with van der Waals surface area (Å²) in [4.78, 5) is 24.0. The Kier molecular flexibility index (Phi) is 7.85. The van der Waals surface area contributed by atoms with Gasteiger partial charge in [0.05, 0.1) is 41.8 Å². The minimum Gasteiger partial charge on any atom is -0.490 e. The Balaban J connectivity index is 1.49. The van der Waals surface area contributed by atoms with Crippen LogP contribution in [0.5, 0.6) is 5.75 Å². The number of rotatable bonds is 8. The summed E-state index contributed by atoms with van der Waals surface area (Å²) in [6, 6.07) is 7.39. The maximum Gasteiger partial charge on any atom is 0.246 e. The molecule has 10 nitrogen and oxygen atoms in total. The van der Waals surface area contributed by atoms with Gasteiger partial charge < -0.3 is 19.5 Å². The molecule has 13 heteroatoms. The fourth-order valence-electron chi connectivity index (χ4n) is 6.18. The summed E-state index contributed by atoms with van der Waals surface area (Å²) in [7, 11) is 1.52. The molecule has 0 bridgehead atoms. The van der Waals surface area contributed by atoms with Crippen LogP contribution < -0.4 is 10.1 Å². The highest BCUT2D eigenvalue weighted by Crippen LogP contribution is 2.47. The molecule has 1 amide bonds. The van der Waals surface area contributed by atoms with Crippen molar-refractivity contribution in [2.24, 2.45) is 0 Å². The predicted molar refractivity (Wildman–Crippen MR) is 169 cm³/mol. The minimum absolute atomic E-state index is 0.0133. The second-order valence-corrected chi connectivity index (χ2v) is 12.0. The molecule has 2 aliphatic heterocycles. The standard InChI is InChI=1S/C33H30F2N6O4S/c1-4-26(42)40-6-7-41-24(17(40)2)14-23(39-41)31-28(27-22(35)12-20(34)13-25(27)45-9-8-44-3)32-21(5-10-46-32)29(38-31)18-11-19-16-37-33(43)30(19)36-15-18/h4-5,10-15,17,33,37,43H,1,6-9,16H2,2-3H3. The minimum atomic E-state index is -0.847. The molecule has 0 spiro atoms. The number of fused-ring (bicyclic) bond motifs is 3. The van der Waals surface area contributed by atoms with Crippen molar-refractivity contribution in [3.63, 3.8) is 0 Å². The van der Waals surface area contributed by atoms with Crippen molar-refractivity contribution in [2.75, 3.05) is 26.9 Å². The van der Waals surface area contributed by atoms with Gasteiger partial charge >= 0.3 is 0 Å². The molecule has 0 fully saturated rings. The van der Waals surface area contributed by atoms with Crippen LogP contribution >= 0.6 is 11.3 Å². The van der Waals surface area contributed by atoms with Gasteiger partial charge in [0.15, 0.2) is 0 Å². The molecule has 0 saturated heterocycles. The van der Waals surface area contributed by atoms with Gasteiger partial charge in [-0.1, -0.05) is 6.58 Å². The number of halogens is 2. The van der Waals surface area contributed by atoms with Gasteiger partial charge in [0, 0.05) is 59.7 Å². The number of aliphatic hydroxyl groups excluding tert-OH is 1. The molecular formula is C33H30F2N6O4S. The fourth-order valence-corrected chi connectivity index (χ4v) is 7.13. The first-order valence-electron chi connectivity index (χ1n) is 14.7. The number of aromatic nitrogens is 4. The average molecular weight is 645 g/mol. The lowest BCUT2D eigenvalue weighted by Crippen LogP contribution is -2.40. The number of hydrogen-bond donors (Lipinski definition) is 2. The van der Waals surface area contributed by atoms with Crippen molar-refractivity contribution in [2.45, 2.75) is 32.3 Å². The number of hydrogen-bond acceptors (Lipinski definition) is 9. The van der Waals surface area contributed by atoms with E-state index < -0.39 is 17.9 Å². The predicted octanol–water partition coefficient (Wildman–Crippen LogP) is 5.38. The summed E-state index contributed by atoms with van der Waals surface area (Å²) < 4.78 is 44.2. The zero-order chi connectivity index (χ0) is 32.1. The van der Waals surface area contributed by atoms with Gasteiger partial charge in [-0.25, -0.2) is 13.8 Å². The number of nitrogens with zero attached hydrogens (tertiary/aromatic N) is 5. The molecule has 236 valence electrons. The van der Waals surface area contributed by atoms with Gasteiger partial charge in [-0.3, -0.25) is 19.8 Å². The first kappa shape index (κ1) is 30.1. The van der Waals surface area contributed by atoms with Gasteiger partial charge in [0.1, 0.15) is 41.6 Å². The maximum atomic E-state index is 16.0. The fraction of sp³-hybridized carbons (Fsp3) is 0.273. The molecule has 6 heterocycles. The summed E-state index contributed by atoms with van der Waals surface area (Å²) in [5, 5.41) is 20.8. The molecule has 2 unspecified atom stereocenters. The van der Waals surface area contributed by atoms with Crippen molar-refractivity contribution >= 4 is 27.3 Å². The molecular weight excluding hydrogens is 614 g/mol. The summed E-state index contributed by atoms with van der Waals surface area (Å²) in [5.41, 5.74) is 4.78. The SMILES string of the molecule is C=CC(=O)N1CCn2nc(-c3nc(-c4cnc5c(c4)CNC5O)c4ccsc4c3-c3c(F)cc(F)cc3OCCOC)cc2C1C. The number of ether oxygens (including phenoxy) is 2. The molecule has 4 aromatic heterocycles. The number of carbonyl (C=O) groups is 1. The molecule has 2 aliphatic rings. The molecule has 5 aromatic rings. The van der Waals surface area contributed by atoms with Gasteiger partial charge in [-0.15, -0.1) is 11.3 Å². The van der Waals surface area contributed by atoms with Crippen LogP contribution in [0, 0.1) is 11.6 Å². The van der Waals surface area contributed by atoms with E-state index >= 15 is 4.39 Å². The number of benzene rings is 1. The van der Waals surface area contributed by atoms with Crippen LogP contribution in [-0.2, 0) is 22.6 Å². The lowest BCUT2D eigenvalue weighted by atomic mass is 9.96. The molecule has 0 saturated carbocycles. The molecule has 2 atom stereocenters. The summed E-state index contributed by atoms with van der Waals surface area (Å²) in [6.45, 7) is 7.18. The highest BCUT2D eigenvalue weighted by molar-refractivity contribution is 7.18. The van der Waals surface area contributed by atoms with Crippen molar-refractivity contribution in [3.05, 3.63) is 83.1 Å². The molecule has 2 N–H and O–H groups in total. The van der Waals surface area contributed by atoms with E-state index in [2.05, 4.69) is 16.9 Å². The van der Waals surface area contributed by atoms with Gasteiger partial charge in [-0.05, 0) is 42.1 Å². The third kappa shape index (κ3) is 5.05. The Hall–Kier alpha value is -4.56. The molecule has 7 rings (SSSR count). The second-order valence-electron chi connectivity index (χ2n) is 11.1. The Morgan fingerprint density at radius 1 is 1.20 bits per heavy atom. The highest BCUT2D eigenvalue weighted by Gasteiger charge is 2.32. The van der Waals surface area contributed by atoms with Crippen molar-refractivity contribution < 1.29 is 28.2 Å². The van der Waals surface area contributed by atoms with Crippen molar-refractivity contribution in [1.29, 1.82) is 0 Å². The monoisotopic (exact) mass is 644 g/mol. The smallest absolute Gasteiger partial charge is 0.246 e. The first-order valence-corrected chi connectivity index (χ1v) is 15.6. The van der Waals surface area contributed by atoms with E-state index in [1.807, 2.05) is 35.2 Å². The second kappa shape index (κ2) is 12.0. The number of amides is 1. The normalized spacial score (nSPS) is 17.3. The van der Waals surface area contributed by atoms with E-state index in [0.717, 1.165) is 28.8 Å². The summed E-state index contributed by atoms with van der Waals surface area (Å²) >= 11 is 1.39. The average Bonchev–Trinajstić information content (AvgIpc) is 3.79. The number of thiophene rings is 1. The van der Waals surface area contributed by atoms with Crippen molar-refractivity contribution in [1.82, 2.24) is 30.0 Å². The van der Waals surface area contributed by atoms with Crippen LogP contribution in [0.3, 0.4) is 0 Å². The molecule has 0 aliphatic carbocycles. The van der Waals surface area contributed by atoms with Crippen molar-refractivity contribution in [3.8, 4) is 39.5 Å². The van der Waals surface area contributed by atoms with E-state index in [0.29, 0.717) is 58.2 Å². The zero-order valence-corrected chi connectivity index (χ0v) is 25.9. The quantitative estimate of drug-likeness (QED) is 0.171. The summed E-state index contributed by atoms with van der Waals surface area (Å²) in [5.74, 6) is -1.75. The van der Waals surface area contributed by atoms with Crippen LogP contribution in [0.15, 0.2) is 54.6 Å². The highest BCUT2D eigenvalue weighted by atomic mass is 32.1.